The van der Waals surface area contributed by atoms with E-state index in [9.17, 15) is 12.9 Å². The molecule has 0 amide bonds. The van der Waals surface area contributed by atoms with Gasteiger partial charge in [-0.05, 0) is 29.6 Å². The van der Waals surface area contributed by atoms with Gasteiger partial charge in [-0.25, -0.2) is 0 Å². The van der Waals surface area contributed by atoms with Gasteiger partial charge in [0.1, 0.15) is 0 Å². The Hall–Kier alpha value is -0.0187. The molecule has 0 atom stereocenters. The number of nitrogens with two attached hydrogens (primary N) is 1. The zero-order valence-electron chi connectivity index (χ0n) is 10.2. The Bertz CT molecular complexity index is 472. The summed E-state index contributed by atoms with van der Waals surface area (Å²) < 4.78 is 37.2. The van der Waals surface area contributed by atoms with Crippen LogP contribution in [0.2, 0.25) is 0 Å². The van der Waals surface area contributed by atoms with Crippen LogP contribution in [0.5, 0.6) is 0 Å². The minimum atomic E-state index is -4.92. The molecule has 1 aromatic carbocycles. The normalized spacial score (nSPS) is 10.5. The van der Waals surface area contributed by atoms with Gasteiger partial charge in [-0.3, -0.25) is 0 Å². The van der Waals surface area contributed by atoms with E-state index in [-0.39, 0.29) is 69.2 Å². The van der Waals surface area contributed by atoms with Crippen LogP contribution in [-0.4, -0.2) is 6.98 Å². The molecular weight excluding hydrogens is 271 g/mol. The SMILES string of the molecule is Cc1c(C[B-](F)(F)F)cc(CN)cc1N=[N+]=[N-].[K+]. The third-order valence-electron chi connectivity index (χ3n) is 2.39. The van der Waals surface area contributed by atoms with Crippen molar-refractivity contribution in [2.45, 2.75) is 19.8 Å². The van der Waals surface area contributed by atoms with Crippen molar-refractivity contribution in [3.8, 4) is 0 Å². The van der Waals surface area contributed by atoms with Crippen LogP contribution in [0.15, 0.2) is 17.2 Å². The van der Waals surface area contributed by atoms with Crippen molar-refractivity contribution in [2.24, 2.45) is 10.8 Å². The van der Waals surface area contributed by atoms with E-state index < -0.39 is 13.3 Å². The Morgan fingerprint density at radius 1 is 1.39 bits per heavy atom. The van der Waals surface area contributed by atoms with Crippen LogP contribution in [0.4, 0.5) is 18.6 Å². The zero-order chi connectivity index (χ0) is 13.1. The first kappa shape index (κ1) is 18.0. The van der Waals surface area contributed by atoms with E-state index in [1.165, 1.54) is 19.1 Å². The number of halogens is 3. The zero-order valence-corrected chi connectivity index (χ0v) is 13.3. The second kappa shape index (κ2) is 7.54. The van der Waals surface area contributed by atoms with Crippen LogP contribution in [0.25, 0.3) is 10.4 Å². The molecule has 4 nitrogen and oxygen atoms in total. The van der Waals surface area contributed by atoms with E-state index in [0.29, 0.717) is 11.1 Å². The molecule has 1 rings (SSSR count). The molecule has 0 spiro atoms. The second-order valence-corrected chi connectivity index (χ2v) is 3.71. The van der Waals surface area contributed by atoms with Crippen LogP contribution < -0.4 is 57.1 Å². The summed E-state index contributed by atoms with van der Waals surface area (Å²) in [5.41, 5.74) is 14.9. The molecule has 0 aliphatic heterocycles. The summed E-state index contributed by atoms with van der Waals surface area (Å²) in [5.74, 6) is 0. The molecule has 9 heteroatoms. The van der Waals surface area contributed by atoms with Crippen LogP contribution in [0, 0.1) is 6.92 Å². The summed E-state index contributed by atoms with van der Waals surface area (Å²) in [6.07, 6.45) is -0.992. The molecule has 1 aromatic rings. The molecule has 0 saturated carbocycles. The van der Waals surface area contributed by atoms with E-state index >= 15 is 0 Å². The quantitative estimate of drug-likeness (QED) is 0.367. The van der Waals surface area contributed by atoms with E-state index in [0.717, 1.165) is 0 Å². The number of azide groups is 1. The molecule has 0 aromatic heterocycles. The molecule has 18 heavy (non-hydrogen) atoms. The summed E-state index contributed by atoms with van der Waals surface area (Å²) in [6, 6.07) is 2.91. The second-order valence-electron chi connectivity index (χ2n) is 3.71. The number of benzene rings is 1. The Morgan fingerprint density at radius 3 is 2.44 bits per heavy atom. The van der Waals surface area contributed by atoms with E-state index in [1.807, 2.05) is 0 Å². The molecule has 2 N–H and O–H groups in total. The molecule has 0 fully saturated rings. The number of rotatable bonds is 4. The minimum absolute atomic E-state index is 0. The van der Waals surface area contributed by atoms with E-state index in [1.54, 1.807) is 0 Å². The maximum Gasteiger partial charge on any atom is 1.00 e. The third-order valence-corrected chi connectivity index (χ3v) is 2.39. The minimum Gasteiger partial charge on any atom is -0.449 e. The Labute approximate surface area is 145 Å². The van der Waals surface area contributed by atoms with Gasteiger partial charge < -0.3 is 18.7 Å². The van der Waals surface area contributed by atoms with Crippen molar-refractivity contribution in [1.29, 1.82) is 0 Å². The smallest absolute Gasteiger partial charge is 0.449 e. The molecule has 0 heterocycles. The predicted octanol–water partition coefficient (Wildman–Crippen LogP) is 0.329. The van der Waals surface area contributed by atoms with Crippen LogP contribution in [0.3, 0.4) is 0 Å². The van der Waals surface area contributed by atoms with Crippen LogP contribution >= 0.6 is 0 Å². The maximum atomic E-state index is 12.4. The summed E-state index contributed by atoms with van der Waals surface area (Å²) in [6.45, 7) is -3.32. The molecule has 0 saturated heterocycles. The van der Waals surface area contributed by atoms with Gasteiger partial charge in [0.05, 0.1) is 0 Å². The predicted molar refractivity (Wildman–Crippen MR) is 60.7 cm³/mol. The average Bonchev–Trinajstić information content (AvgIpc) is 2.22. The van der Waals surface area contributed by atoms with Gasteiger partial charge in [0.15, 0.2) is 0 Å². The van der Waals surface area contributed by atoms with Crippen molar-refractivity contribution in [3.05, 3.63) is 39.3 Å². The first-order valence-corrected chi connectivity index (χ1v) is 4.96. The number of hydrogen-bond acceptors (Lipinski definition) is 2. The summed E-state index contributed by atoms with van der Waals surface area (Å²) >= 11 is 0. The van der Waals surface area contributed by atoms with Crippen molar-refractivity contribution >= 4 is 12.7 Å². The molecular formula is C9H11BF3KN4. The van der Waals surface area contributed by atoms with Crippen molar-refractivity contribution < 1.29 is 64.3 Å². The van der Waals surface area contributed by atoms with Crippen LogP contribution in [-0.2, 0) is 12.9 Å². The molecule has 0 aliphatic rings. The van der Waals surface area contributed by atoms with E-state index in [4.69, 9.17) is 11.3 Å². The molecule has 0 bridgehead atoms. The fraction of sp³-hybridized carbons (Fsp3) is 0.333. The first-order valence-electron chi connectivity index (χ1n) is 4.96. The largest absolute Gasteiger partial charge is 1.00 e. The van der Waals surface area contributed by atoms with Gasteiger partial charge in [-0.15, -0.1) is 0 Å². The van der Waals surface area contributed by atoms with Gasteiger partial charge >= 0.3 is 58.4 Å². The number of nitrogens with zero attached hydrogens (tertiary/aromatic N) is 3. The maximum absolute atomic E-state index is 12.4. The van der Waals surface area contributed by atoms with Crippen molar-refractivity contribution in [3.63, 3.8) is 0 Å². The average molecular weight is 282 g/mol. The number of hydrogen-bond donors (Lipinski definition) is 1. The topological polar surface area (TPSA) is 74.8 Å². The summed E-state index contributed by atoms with van der Waals surface area (Å²) in [7, 11) is 0. The molecule has 0 unspecified atom stereocenters. The van der Waals surface area contributed by atoms with Gasteiger partial charge in [0, 0.05) is 17.1 Å². The standard InChI is InChI=1S/C9H11BF3N4.K/c1-6-8(4-10(11,12)13)2-7(5-14)3-9(6)16-17-15;/h2-3H,4-5,14H2,1H3;/q-1;+1. The summed E-state index contributed by atoms with van der Waals surface area (Å²) in [5, 5.41) is 3.37. The fourth-order valence-corrected chi connectivity index (χ4v) is 1.55. The Balaban J connectivity index is 0.00000289. The Kier molecular flexibility index (Phi) is 7.53. The van der Waals surface area contributed by atoms with Crippen molar-refractivity contribution in [1.82, 2.24) is 0 Å². The first-order chi connectivity index (χ1) is 7.87. The van der Waals surface area contributed by atoms with Crippen molar-refractivity contribution in [2.75, 3.05) is 0 Å². The van der Waals surface area contributed by atoms with E-state index in [2.05, 4.69) is 10.0 Å². The van der Waals surface area contributed by atoms with Gasteiger partial charge in [0.2, 0.25) is 0 Å². The molecule has 0 aliphatic carbocycles. The third kappa shape index (κ3) is 5.31. The molecule has 0 radical (unpaired) electrons. The Morgan fingerprint density at radius 2 is 2.00 bits per heavy atom. The monoisotopic (exact) mass is 282 g/mol. The van der Waals surface area contributed by atoms with Gasteiger partial charge in [0.25, 0.3) is 0 Å². The van der Waals surface area contributed by atoms with Gasteiger partial charge in [-0.1, -0.05) is 23.1 Å². The fourth-order valence-electron chi connectivity index (χ4n) is 1.55. The van der Waals surface area contributed by atoms with Gasteiger partial charge in [-0.2, -0.15) is 0 Å². The molecule has 92 valence electrons. The summed E-state index contributed by atoms with van der Waals surface area (Å²) in [4.78, 5) is 2.59. The van der Waals surface area contributed by atoms with Crippen LogP contribution in [0.1, 0.15) is 16.7 Å².